The maximum Gasteiger partial charge on any atom is 0.240 e. The zero-order chi connectivity index (χ0) is 37.2. The first kappa shape index (κ1) is 41.4. The molecule has 3 aromatic rings. The number of hydrogen-bond donors (Lipinski definition) is 3. The Balaban J connectivity index is 1.53. The number of aliphatic hydroxyl groups is 2. The number of sulfonamides is 1. The molecule has 4 atom stereocenters. The number of ether oxygens (including phenoxy) is 1. The van der Waals surface area contributed by atoms with Gasteiger partial charge in [-0.25, -0.2) is 13.1 Å². The molecule has 3 aromatic carbocycles. The van der Waals surface area contributed by atoms with E-state index in [0.717, 1.165) is 36.0 Å². The van der Waals surface area contributed by atoms with Crippen molar-refractivity contribution in [3.63, 3.8) is 0 Å². The Morgan fingerprint density at radius 2 is 1.63 bits per heavy atom. The van der Waals surface area contributed by atoms with Crippen molar-refractivity contribution in [2.24, 2.45) is 0 Å². The van der Waals surface area contributed by atoms with Crippen LogP contribution in [0.25, 0.3) is 0 Å². The highest BCUT2D eigenvalue weighted by molar-refractivity contribution is 7.89. The maximum atomic E-state index is 14.1. The predicted molar refractivity (Wildman–Crippen MR) is 207 cm³/mol. The number of rotatable bonds is 23. The molecule has 0 saturated heterocycles. The molecular formula is C42H59N3O6S. The number of benzene rings is 3. The second-order valence-electron chi connectivity index (χ2n) is 13.9. The van der Waals surface area contributed by atoms with Crippen LogP contribution in [0.3, 0.4) is 0 Å². The van der Waals surface area contributed by atoms with Crippen molar-refractivity contribution in [1.82, 2.24) is 14.5 Å². The number of amides is 1. The molecule has 10 heteroatoms. The molecule has 3 N–H and O–H groups in total. The van der Waals surface area contributed by atoms with Gasteiger partial charge in [0.25, 0.3) is 0 Å². The molecule has 1 aliphatic rings. The summed E-state index contributed by atoms with van der Waals surface area (Å²) in [5.74, 6) is 0.0141. The molecule has 0 saturated carbocycles. The average molecular weight is 734 g/mol. The largest absolute Gasteiger partial charge is 0.396 e. The van der Waals surface area contributed by atoms with Crippen molar-refractivity contribution in [2.75, 3.05) is 26.2 Å². The highest BCUT2D eigenvalue weighted by atomic mass is 32.2. The third-order valence-electron chi connectivity index (χ3n) is 9.76. The summed E-state index contributed by atoms with van der Waals surface area (Å²) >= 11 is 0. The highest BCUT2D eigenvalue weighted by Gasteiger charge is 2.37. The van der Waals surface area contributed by atoms with E-state index in [-0.39, 0.29) is 36.4 Å². The molecule has 4 rings (SSSR count). The van der Waals surface area contributed by atoms with E-state index >= 15 is 0 Å². The van der Waals surface area contributed by atoms with Crippen molar-refractivity contribution < 1.29 is 28.2 Å². The molecular weight excluding hydrogens is 675 g/mol. The summed E-state index contributed by atoms with van der Waals surface area (Å²) in [5, 5.41) is 21.5. The fourth-order valence-electron chi connectivity index (χ4n) is 6.76. The third kappa shape index (κ3) is 13.2. The van der Waals surface area contributed by atoms with Gasteiger partial charge in [-0.05, 0) is 62.3 Å². The molecule has 0 radical (unpaired) electrons. The van der Waals surface area contributed by atoms with Crippen LogP contribution in [0.5, 0.6) is 0 Å². The molecule has 284 valence electrons. The van der Waals surface area contributed by atoms with E-state index in [2.05, 4.69) is 22.6 Å². The molecule has 0 unspecified atom stereocenters. The smallest absolute Gasteiger partial charge is 0.240 e. The Hall–Kier alpha value is -3.38. The first-order chi connectivity index (χ1) is 25.2. The molecule has 1 heterocycles. The van der Waals surface area contributed by atoms with E-state index < -0.39 is 28.3 Å². The van der Waals surface area contributed by atoms with E-state index in [4.69, 9.17) is 4.74 Å². The lowest BCUT2D eigenvalue weighted by molar-refractivity contribution is -0.134. The van der Waals surface area contributed by atoms with Crippen molar-refractivity contribution in [3.8, 4) is 0 Å². The van der Waals surface area contributed by atoms with Crippen molar-refractivity contribution in [1.29, 1.82) is 0 Å². The number of nitrogens with one attached hydrogen (secondary N) is 1. The van der Waals surface area contributed by atoms with Crippen LogP contribution in [0.4, 0.5) is 0 Å². The molecule has 0 aromatic heterocycles. The Kier molecular flexibility index (Phi) is 17.5. The summed E-state index contributed by atoms with van der Waals surface area (Å²) in [7, 11) is -3.69. The molecule has 0 spiro atoms. The maximum absolute atomic E-state index is 14.1. The minimum Gasteiger partial charge on any atom is -0.396 e. The molecule has 1 amide bonds. The van der Waals surface area contributed by atoms with Gasteiger partial charge in [0.15, 0.2) is 0 Å². The van der Waals surface area contributed by atoms with E-state index in [0.29, 0.717) is 58.3 Å². The first-order valence-electron chi connectivity index (χ1n) is 19.0. The van der Waals surface area contributed by atoms with Crippen LogP contribution < -0.4 is 4.72 Å². The summed E-state index contributed by atoms with van der Waals surface area (Å²) in [5.41, 5.74) is 3.06. The minimum atomic E-state index is -3.69. The van der Waals surface area contributed by atoms with Crippen molar-refractivity contribution in [3.05, 3.63) is 114 Å². The van der Waals surface area contributed by atoms with Gasteiger partial charge in [-0.2, -0.15) is 0 Å². The SMILES string of the molecule is CCCCC[C@H](OCc1ccccc1)[C@H](O)[C@H]1C=CC[C@H](CC(=O)N(CCCCO)Cc2ccccc2)N1CCCNS(=O)(=O)c1ccc(C)cc1. The molecule has 0 aliphatic carbocycles. The number of nitrogens with zero attached hydrogens (tertiary/aromatic N) is 2. The molecule has 9 nitrogen and oxygen atoms in total. The Labute approximate surface area is 311 Å². The lowest BCUT2D eigenvalue weighted by atomic mass is 9.91. The fourth-order valence-corrected chi connectivity index (χ4v) is 7.84. The summed E-state index contributed by atoms with van der Waals surface area (Å²) < 4.78 is 35.3. The van der Waals surface area contributed by atoms with Crippen LogP contribution in [0, 0.1) is 6.92 Å². The van der Waals surface area contributed by atoms with Gasteiger partial charge in [-0.3, -0.25) is 9.69 Å². The van der Waals surface area contributed by atoms with E-state index in [9.17, 15) is 23.4 Å². The zero-order valence-electron chi connectivity index (χ0n) is 31.0. The first-order valence-corrected chi connectivity index (χ1v) is 20.4. The Morgan fingerprint density at radius 1 is 0.942 bits per heavy atom. The molecule has 1 aliphatic heterocycles. The number of hydrogen-bond acceptors (Lipinski definition) is 7. The second-order valence-corrected chi connectivity index (χ2v) is 15.6. The predicted octanol–water partition coefficient (Wildman–Crippen LogP) is 6.38. The Bertz CT molecular complexity index is 1590. The summed E-state index contributed by atoms with van der Waals surface area (Å²) in [6, 6.07) is 26.0. The lowest BCUT2D eigenvalue weighted by Gasteiger charge is -2.43. The number of carbonyl (C=O) groups excluding carboxylic acids is 1. The molecule has 0 fully saturated rings. The van der Waals surface area contributed by atoms with E-state index in [1.54, 1.807) is 24.3 Å². The topological polar surface area (TPSA) is 119 Å². The van der Waals surface area contributed by atoms with Crippen molar-refractivity contribution >= 4 is 15.9 Å². The van der Waals surface area contributed by atoms with Gasteiger partial charge >= 0.3 is 0 Å². The molecule has 52 heavy (non-hydrogen) atoms. The van der Waals surface area contributed by atoms with Gasteiger partial charge in [-0.1, -0.05) is 117 Å². The van der Waals surface area contributed by atoms with Crippen LogP contribution in [0.1, 0.15) is 81.4 Å². The summed E-state index contributed by atoms with van der Waals surface area (Å²) in [4.78, 5) is 18.4. The number of aliphatic hydroxyl groups excluding tert-OH is 2. The zero-order valence-corrected chi connectivity index (χ0v) is 31.8. The summed E-state index contributed by atoms with van der Waals surface area (Å²) in [6.07, 6.45) is 9.22. The number of carbonyl (C=O) groups is 1. The van der Waals surface area contributed by atoms with Crippen LogP contribution in [0.2, 0.25) is 0 Å². The Morgan fingerprint density at radius 3 is 2.31 bits per heavy atom. The monoisotopic (exact) mass is 733 g/mol. The quantitative estimate of drug-likeness (QED) is 0.0765. The van der Waals surface area contributed by atoms with E-state index in [1.165, 1.54) is 0 Å². The van der Waals surface area contributed by atoms with E-state index in [1.807, 2.05) is 78.6 Å². The second kappa shape index (κ2) is 22.0. The van der Waals surface area contributed by atoms with Gasteiger partial charge in [0.2, 0.25) is 15.9 Å². The van der Waals surface area contributed by atoms with Gasteiger partial charge < -0.3 is 19.8 Å². The van der Waals surface area contributed by atoms with Crippen LogP contribution in [-0.4, -0.2) is 84.9 Å². The normalized spacial score (nSPS) is 17.5. The van der Waals surface area contributed by atoms with Crippen molar-refractivity contribution in [2.45, 2.75) is 114 Å². The number of aryl methyl sites for hydroxylation is 1. The van der Waals surface area contributed by atoms with Gasteiger partial charge in [0.05, 0.1) is 29.8 Å². The summed E-state index contributed by atoms with van der Waals surface area (Å²) in [6.45, 7) is 6.24. The van der Waals surface area contributed by atoms with Gasteiger partial charge in [0, 0.05) is 45.2 Å². The number of unbranched alkanes of at least 4 members (excludes halogenated alkanes) is 3. The third-order valence-corrected chi connectivity index (χ3v) is 11.2. The average Bonchev–Trinajstić information content (AvgIpc) is 3.15. The lowest BCUT2D eigenvalue weighted by Crippen LogP contribution is -2.55. The van der Waals surface area contributed by atoms with Gasteiger partial charge in [0.1, 0.15) is 0 Å². The fraction of sp³-hybridized carbons (Fsp3) is 0.500. The highest BCUT2D eigenvalue weighted by Crippen LogP contribution is 2.28. The van der Waals surface area contributed by atoms with Crippen LogP contribution >= 0.6 is 0 Å². The minimum absolute atomic E-state index is 0.0141. The molecule has 0 bridgehead atoms. The van der Waals surface area contributed by atoms with Crippen LogP contribution in [0.15, 0.2) is 102 Å². The van der Waals surface area contributed by atoms with Gasteiger partial charge in [-0.15, -0.1) is 0 Å². The van der Waals surface area contributed by atoms with Crippen LogP contribution in [-0.2, 0) is 32.7 Å². The standard InChI is InChI=1S/C42H59N3O6S/c1-3-4-7-22-40(51-33-36-18-10-6-11-19-36)42(48)39-21-14-20-37(31-41(47)44(28-12-13-30-46)32-35-16-8-5-9-17-35)45(39)29-15-27-43-52(49,50)38-25-23-34(2)24-26-38/h5-6,8-11,14,16-19,21,23-26,37,39-40,42-43,46,48H,3-4,7,12-13,15,20,22,27-33H2,1-2H3/t37-,39-,40+,42-/m1/s1.